The summed E-state index contributed by atoms with van der Waals surface area (Å²) in [6.07, 6.45) is 4.12. The first kappa shape index (κ1) is 9.20. The van der Waals surface area contributed by atoms with Crippen LogP contribution in [0.1, 0.15) is 30.9 Å². The van der Waals surface area contributed by atoms with Crippen LogP contribution in [0.5, 0.6) is 0 Å². The van der Waals surface area contributed by atoms with Gasteiger partial charge in [-0.25, -0.2) is 0 Å². The van der Waals surface area contributed by atoms with Crippen molar-refractivity contribution < 1.29 is 0 Å². The number of aliphatic imine (C=N–C) groups is 1. The lowest BCUT2D eigenvalue weighted by molar-refractivity contribution is 0.866. The molecule has 0 N–H and O–H groups in total. The van der Waals surface area contributed by atoms with Crippen molar-refractivity contribution in [3.05, 3.63) is 41.5 Å². The van der Waals surface area contributed by atoms with E-state index in [-0.39, 0.29) is 0 Å². The summed E-state index contributed by atoms with van der Waals surface area (Å²) in [6.45, 7) is 5.27. The van der Waals surface area contributed by atoms with E-state index in [0.717, 1.165) is 6.54 Å². The first-order valence-corrected chi connectivity index (χ1v) is 5.07. The number of benzene rings is 1. The van der Waals surface area contributed by atoms with Crippen molar-refractivity contribution in [1.29, 1.82) is 0 Å². The standard InChI is InChI=1S/C13H15N/c1-10(2)11-4-3-5-12(8-11)13-6-7-14-9-13/h3-6,8-10H,7H2,1-2H3. The van der Waals surface area contributed by atoms with Crippen LogP contribution in [0.4, 0.5) is 0 Å². The highest BCUT2D eigenvalue weighted by Crippen LogP contribution is 2.21. The zero-order valence-corrected chi connectivity index (χ0v) is 8.70. The van der Waals surface area contributed by atoms with Gasteiger partial charge in [0.1, 0.15) is 0 Å². The Hall–Kier alpha value is -1.37. The van der Waals surface area contributed by atoms with Crippen LogP contribution in [-0.2, 0) is 0 Å². The van der Waals surface area contributed by atoms with E-state index in [1.165, 1.54) is 16.7 Å². The van der Waals surface area contributed by atoms with E-state index in [0.29, 0.717) is 5.92 Å². The van der Waals surface area contributed by atoms with Crippen molar-refractivity contribution in [3.8, 4) is 0 Å². The lowest BCUT2D eigenvalue weighted by Crippen LogP contribution is -1.90. The molecule has 0 amide bonds. The van der Waals surface area contributed by atoms with Gasteiger partial charge in [0.25, 0.3) is 0 Å². The van der Waals surface area contributed by atoms with Gasteiger partial charge in [0, 0.05) is 6.21 Å². The van der Waals surface area contributed by atoms with Crippen LogP contribution in [0, 0.1) is 0 Å². The molecule has 72 valence electrons. The fourth-order valence-electron chi connectivity index (χ4n) is 1.62. The lowest BCUT2D eigenvalue weighted by Gasteiger charge is -2.07. The molecule has 14 heavy (non-hydrogen) atoms. The molecule has 0 atom stereocenters. The molecule has 2 rings (SSSR count). The van der Waals surface area contributed by atoms with Crippen molar-refractivity contribution in [2.75, 3.05) is 6.54 Å². The van der Waals surface area contributed by atoms with E-state index in [1.54, 1.807) is 0 Å². The fraction of sp³-hybridized carbons (Fsp3) is 0.308. The van der Waals surface area contributed by atoms with Gasteiger partial charge < -0.3 is 0 Å². The lowest BCUT2D eigenvalue weighted by atomic mass is 9.98. The highest BCUT2D eigenvalue weighted by molar-refractivity contribution is 6.11. The third kappa shape index (κ3) is 1.77. The molecule has 1 heterocycles. The van der Waals surface area contributed by atoms with Crippen molar-refractivity contribution in [1.82, 2.24) is 0 Å². The van der Waals surface area contributed by atoms with Gasteiger partial charge in [-0.05, 0) is 22.6 Å². The Bertz CT molecular complexity index is 386. The fourth-order valence-corrected chi connectivity index (χ4v) is 1.62. The Morgan fingerprint density at radius 2 is 2.14 bits per heavy atom. The van der Waals surface area contributed by atoms with Gasteiger partial charge in [-0.15, -0.1) is 0 Å². The number of nitrogens with zero attached hydrogens (tertiary/aromatic N) is 1. The summed E-state index contributed by atoms with van der Waals surface area (Å²) in [4.78, 5) is 4.20. The van der Waals surface area contributed by atoms with E-state index < -0.39 is 0 Å². The maximum Gasteiger partial charge on any atom is 0.0580 e. The highest BCUT2D eigenvalue weighted by atomic mass is 14.7. The molecule has 0 saturated heterocycles. The second kappa shape index (κ2) is 3.79. The van der Waals surface area contributed by atoms with E-state index in [4.69, 9.17) is 0 Å². The van der Waals surface area contributed by atoms with Crippen LogP contribution < -0.4 is 0 Å². The maximum atomic E-state index is 4.20. The van der Waals surface area contributed by atoms with E-state index in [1.807, 2.05) is 6.21 Å². The zero-order chi connectivity index (χ0) is 9.97. The van der Waals surface area contributed by atoms with Crippen LogP contribution >= 0.6 is 0 Å². The first-order chi connectivity index (χ1) is 6.77. The molecule has 1 aliphatic heterocycles. The molecule has 1 aliphatic rings. The minimum absolute atomic E-state index is 0.592. The number of allylic oxidation sites excluding steroid dienone is 1. The molecule has 0 unspecified atom stereocenters. The molecule has 1 heteroatoms. The number of hydrogen-bond donors (Lipinski definition) is 0. The average molecular weight is 185 g/mol. The van der Waals surface area contributed by atoms with Crippen molar-refractivity contribution in [3.63, 3.8) is 0 Å². The quantitative estimate of drug-likeness (QED) is 0.670. The van der Waals surface area contributed by atoms with Crippen molar-refractivity contribution in [2.45, 2.75) is 19.8 Å². The first-order valence-electron chi connectivity index (χ1n) is 5.07. The second-order valence-corrected chi connectivity index (χ2v) is 3.93. The largest absolute Gasteiger partial charge is 0.288 e. The summed E-state index contributed by atoms with van der Waals surface area (Å²) >= 11 is 0. The Labute approximate surface area is 85.2 Å². The Kier molecular flexibility index (Phi) is 2.49. The smallest absolute Gasteiger partial charge is 0.0580 e. The van der Waals surface area contributed by atoms with E-state index in [9.17, 15) is 0 Å². The minimum atomic E-state index is 0.592. The third-order valence-corrected chi connectivity index (χ3v) is 2.53. The summed E-state index contributed by atoms with van der Waals surface area (Å²) in [7, 11) is 0. The minimum Gasteiger partial charge on any atom is -0.288 e. The van der Waals surface area contributed by atoms with E-state index >= 15 is 0 Å². The van der Waals surface area contributed by atoms with Gasteiger partial charge in [-0.1, -0.05) is 44.2 Å². The van der Waals surface area contributed by atoms with Gasteiger partial charge in [0.2, 0.25) is 0 Å². The Morgan fingerprint density at radius 3 is 2.79 bits per heavy atom. The maximum absolute atomic E-state index is 4.20. The molecule has 0 radical (unpaired) electrons. The molecule has 1 aromatic carbocycles. The molecule has 0 spiro atoms. The van der Waals surface area contributed by atoms with Gasteiger partial charge in [0.15, 0.2) is 0 Å². The second-order valence-electron chi connectivity index (χ2n) is 3.93. The predicted octanol–water partition coefficient (Wildman–Crippen LogP) is 3.28. The van der Waals surface area contributed by atoms with Crippen LogP contribution in [0.15, 0.2) is 35.3 Å². The SMILES string of the molecule is CC(C)c1cccc(C2=CCN=C2)c1. The predicted molar refractivity (Wildman–Crippen MR) is 61.9 cm³/mol. The molecule has 0 fully saturated rings. The van der Waals surface area contributed by atoms with Crippen molar-refractivity contribution >= 4 is 11.8 Å². The van der Waals surface area contributed by atoms with Gasteiger partial charge >= 0.3 is 0 Å². The summed E-state index contributed by atoms with van der Waals surface area (Å²) in [5.41, 5.74) is 3.94. The molecular formula is C13H15N. The normalized spacial score (nSPS) is 14.9. The summed E-state index contributed by atoms with van der Waals surface area (Å²) < 4.78 is 0. The topological polar surface area (TPSA) is 12.4 Å². The Balaban J connectivity index is 2.35. The van der Waals surface area contributed by atoms with Crippen LogP contribution in [0.25, 0.3) is 5.57 Å². The van der Waals surface area contributed by atoms with Gasteiger partial charge in [-0.3, -0.25) is 4.99 Å². The van der Waals surface area contributed by atoms with Gasteiger partial charge in [-0.2, -0.15) is 0 Å². The summed E-state index contributed by atoms with van der Waals surface area (Å²) in [5.74, 6) is 0.592. The van der Waals surface area contributed by atoms with Crippen molar-refractivity contribution in [2.24, 2.45) is 4.99 Å². The number of rotatable bonds is 2. The van der Waals surface area contributed by atoms with Crippen LogP contribution in [-0.4, -0.2) is 12.8 Å². The summed E-state index contributed by atoms with van der Waals surface area (Å²) in [6, 6.07) is 8.71. The summed E-state index contributed by atoms with van der Waals surface area (Å²) in [5, 5.41) is 0. The third-order valence-electron chi connectivity index (χ3n) is 2.53. The monoisotopic (exact) mass is 185 g/mol. The van der Waals surface area contributed by atoms with E-state index in [2.05, 4.69) is 49.2 Å². The highest BCUT2D eigenvalue weighted by Gasteiger charge is 2.04. The molecule has 0 aromatic heterocycles. The van der Waals surface area contributed by atoms with Gasteiger partial charge in [0.05, 0.1) is 6.54 Å². The molecule has 1 nitrogen and oxygen atoms in total. The average Bonchev–Trinajstić information content (AvgIpc) is 2.71. The van der Waals surface area contributed by atoms with Crippen LogP contribution in [0.2, 0.25) is 0 Å². The molecule has 0 saturated carbocycles. The molecule has 0 aliphatic carbocycles. The Morgan fingerprint density at radius 1 is 1.29 bits per heavy atom. The molecule has 1 aromatic rings. The number of hydrogen-bond acceptors (Lipinski definition) is 1. The molecular weight excluding hydrogens is 170 g/mol. The zero-order valence-electron chi connectivity index (χ0n) is 8.70. The van der Waals surface area contributed by atoms with Crippen LogP contribution in [0.3, 0.4) is 0 Å². The molecule has 0 bridgehead atoms.